The zero-order chi connectivity index (χ0) is 21.0. The van der Waals surface area contributed by atoms with Crippen molar-refractivity contribution in [2.75, 3.05) is 7.11 Å². The summed E-state index contributed by atoms with van der Waals surface area (Å²) < 4.78 is 4.87. The third-order valence-electron chi connectivity index (χ3n) is 10.5. The summed E-state index contributed by atoms with van der Waals surface area (Å²) in [5.41, 5.74) is 7.00. The van der Waals surface area contributed by atoms with E-state index in [4.69, 9.17) is 10.5 Å². The van der Waals surface area contributed by atoms with Crippen LogP contribution in [0.15, 0.2) is 0 Å². The largest absolute Gasteiger partial charge is 0.469 e. The highest BCUT2D eigenvalue weighted by Crippen LogP contribution is 2.68. The molecule has 166 valence electrons. The van der Waals surface area contributed by atoms with Crippen molar-refractivity contribution in [2.24, 2.45) is 52.1 Å². The lowest BCUT2D eigenvalue weighted by molar-refractivity contribution is -0.166. The standard InChI is InChI=1S/C25H43NO3/c1-15(5-8-22(28)29-4)18-6-7-19-23-20(10-12-25(18,19)3)24(2)11-9-17(26)13-16(24)14-21(23)27/h15-21,23,27H,5-14,26H2,1-4H3/t15-,16+,17+,18-,19+,20+,21-,23+,24+,25-/m1/s1. The van der Waals surface area contributed by atoms with Gasteiger partial charge in [-0.1, -0.05) is 20.8 Å². The highest BCUT2D eigenvalue weighted by molar-refractivity contribution is 5.69. The van der Waals surface area contributed by atoms with Gasteiger partial charge in [0.2, 0.25) is 0 Å². The number of methoxy groups -OCH3 is 1. The number of rotatable bonds is 4. The minimum absolute atomic E-state index is 0.0857. The molecule has 4 nitrogen and oxygen atoms in total. The van der Waals surface area contributed by atoms with E-state index in [-0.39, 0.29) is 12.1 Å². The lowest BCUT2D eigenvalue weighted by Crippen LogP contribution is -2.59. The SMILES string of the molecule is COC(=O)CC[C@@H](C)[C@H]1CC[C@H]2[C@@H]3[C@H](O)C[C@@H]4C[C@@H](N)CC[C@]4(C)[C@H]3CC[C@]12C. The van der Waals surface area contributed by atoms with Gasteiger partial charge in [0.1, 0.15) is 0 Å². The Kier molecular flexibility index (Phi) is 5.83. The summed E-state index contributed by atoms with van der Waals surface area (Å²) >= 11 is 0. The molecule has 0 aliphatic heterocycles. The quantitative estimate of drug-likeness (QED) is 0.674. The van der Waals surface area contributed by atoms with Crippen molar-refractivity contribution < 1.29 is 14.6 Å². The summed E-state index contributed by atoms with van der Waals surface area (Å²) in [6, 6.07) is 0.331. The zero-order valence-corrected chi connectivity index (χ0v) is 19.0. The summed E-state index contributed by atoms with van der Waals surface area (Å²) in [5, 5.41) is 11.3. The molecule has 0 unspecified atom stereocenters. The van der Waals surface area contributed by atoms with E-state index in [1.165, 1.54) is 39.2 Å². The second-order valence-electron chi connectivity index (χ2n) is 11.7. The van der Waals surface area contributed by atoms with Crippen molar-refractivity contribution in [1.29, 1.82) is 0 Å². The Labute approximate surface area is 177 Å². The topological polar surface area (TPSA) is 72.5 Å². The van der Waals surface area contributed by atoms with Crippen LogP contribution >= 0.6 is 0 Å². The van der Waals surface area contributed by atoms with Crippen LogP contribution < -0.4 is 5.73 Å². The number of hydrogen-bond donors (Lipinski definition) is 2. The summed E-state index contributed by atoms with van der Waals surface area (Å²) in [5.74, 6) is 3.47. The van der Waals surface area contributed by atoms with E-state index in [0.29, 0.717) is 58.8 Å². The lowest BCUT2D eigenvalue weighted by atomic mass is 9.43. The van der Waals surface area contributed by atoms with Crippen LogP contribution in [0.4, 0.5) is 0 Å². The van der Waals surface area contributed by atoms with Gasteiger partial charge in [0.25, 0.3) is 0 Å². The first-order valence-corrected chi connectivity index (χ1v) is 12.2. The van der Waals surface area contributed by atoms with Crippen LogP contribution in [0, 0.1) is 46.3 Å². The number of fused-ring (bicyclic) bond motifs is 5. The van der Waals surface area contributed by atoms with Crippen molar-refractivity contribution in [3.8, 4) is 0 Å². The molecule has 0 amide bonds. The minimum Gasteiger partial charge on any atom is -0.469 e. The smallest absolute Gasteiger partial charge is 0.305 e. The molecule has 0 radical (unpaired) electrons. The van der Waals surface area contributed by atoms with E-state index in [9.17, 15) is 9.90 Å². The molecule has 0 aromatic carbocycles. The van der Waals surface area contributed by atoms with Gasteiger partial charge in [-0.15, -0.1) is 0 Å². The first-order valence-electron chi connectivity index (χ1n) is 12.2. The molecule has 4 aliphatic carbocycles. The number of nitrogens with two attached hydrogens (primary N) is 1. The second-order valence-corrected chi connectivity index (χ2v) is 11.7. The Bertz CT molecular complexity index is 623. The molecular weight excluding hydrogens is 362 g/mol. The fourth-order valence-corrected chi connectivity index (χ4v) is 8.88. The normalized spacial score (nSPS) is 50.2. The predicted molar refractivity (Wildman–Crippen MR) is 115 cm³/mol. The van der Waals surface area contributed by atoms with E-state index >= 15 is 0 Å². The maximum atomic E-state index is 11.7. The monoisotopic (exact) mass is 405 g/mol. The Morgan fingerprint density at radius 3 is 2.52 bits per heavy atom. The molecule has 4 saturated carbocycles. The van der Waals surface area contributed by atoms with Crippen LogP contribution in [0.3, 0.4) is 0 Å². The van der Waals surface area contributed by atoms with Gasteiger partial charge in [0.05, 0.1) is 13.2 Å². The second kappa shape index (κ2) is 7.82. The maximum absolute atomic E-state index is 11.7. The first-order chi connectivity index (χ1) is 13.7. The molecule has 0 saturated heterocycles. The van der Waals surface area contributed by atoms with Gasteiger partial charge >= 0.3 is 5.97 Å². The zero-order valence-electron chi connectivity index (χ0n) is 19.0. The van der Waals surface area contributed by atoms with E-state index in [0.717, 1.165) is 25.7 Å². The van der Waals surface area contributed by atoms with Crippen molar-refractivity contribution in [1.82, 2.24) is 0 Å². The Hall–Kier alpha value is -0.610. The number of esters is 1. The van der Waals surface area contributed by atoms with Gasteiger partial charge in [-0.2, -0.15) is 0 Å². The number of ether oxygens (including phenoxy) is 1. The van der Waals surface area contributed by atoms with E-state index < -0.39 is 0 Å². The van der Waals surface area contributed by atoms with Gasteiger partial charge in [-0.25, -0.2) is 0 Å². The fourth-order valence-electron chi connectivity index (χ4n) is 8.88. The average molecular weight is 406 g/mol. The number of carbonyl (C=O) groups is 1. The van der Waals surface area contributed by atoms with Crippen molar-refractivity contribution in [2.45, 2.75) is 97.1 Å². The van der Waals surface area contributed by atoms with Crippen LogP contribution in [0.1, 0.15) is 85.0 Å². The highest BCUT2D eigenvalue weighted by Gasteiger charge is 2.62. The van der Waals surface area contributed by atoms with Gasteiger partial charge in [-0.3, -0.25) is 4.79 Å². The first kappa shape index (κ1) is 21.6. The van der Waals surface area contributed by atoms with Crippen LogP contribution in [0.25, 0.3) is 0 Å². The number of aliphatic hydroxyl groups is 1. The minimum atomic E-state index is -0.155. The third kappa shape index (κ3) is 3.46. The number of aliphatic hydroxyl groups excluding tert-OH is 1. The van der Waals surface area contributed by atoms with Crippen molar-refractivity contribution >= 4 is 5.97 Å². The van der Waals surface area contributed by atoms with Gasteiger partial charge < -0.3 is 15.6 Å². The number of hydrogen-bond acceptors (Lipinski definition) is 4. The highest BCUT2D eigenvalue weighted by atomic mass is 16.5. The van der Waals surface area contributed by atoms with Gasteiger partial charge in [-0.05, 0) is 104 Å². The summed E-state index contributed by atoms with van der Waals surface area (Å²) in [4.78, 5) is 11.7. The Balaban J connectivity index is 1.53. The molecule has 4 fully saturated rings. The summed E-state index contributed by atoms with van der Waals surface area (Å²) in [6.07, 6.45) is 10.8. The van der Waals surface area contributed by atoms with Crippen LogP contribution in [-0.4, -0.2) is 30.3 Å². The van der Waals surface area contributed by atoms with E-state index in [2.05, 4.69) is 20.8 Å². The molecule has 4 aliphatic rings. The fraction of sp³-hybridized carbons (Fsp3) is 0.960. The molecule has 4 heteroatoms. The molecule has 4 rings (SSSR count). The molecule has 10 atom stereocenters. The summed E-state index contributed by atoms with van der Waals surface area (Å²) in [7, 11) is 1.48. The van der Waals surface area contributed by atoms with E-state index in [1.807, 2.05) is 0 Å². The van der Waals surface area contributed by atoms with Gasteiger partial charge in [0.15, 0.2) is 0 Å². The maximum Gasteiger partial charge on any atom is 0.305 e. The Morgan fingerprint density at radius 2 is 1.79 bits per heavy atom. The van der Waals surface area contributed by atoms with Crippen LogP contribution in [0.2, 0.25) is 0 Å². The molecule has 0 aromatic rings. The Morgan fingerprint density at radius 1 is 1.10 bits per heavy atom. The molecule has 3 N–H and O–H groups in total. The van der Waals surface area contributed by atoms with Crippen molar-refractivity contribution in [3.63, 3.8) is 0 Å². The summed E-state index contributed by atoms with van der Waals surface area (Å²) in [6.45, 7) is 7.38. The lowest BCUT2D eigenvalue weighted by Gasteiger charge is -2.62. The molecular formula is C25H43NO3. The molecule has 29 heavy (non-hydrogen) atoms. The third-order valence-corrected chi connectivity index (χ3v) is 10.5. The van der Waals surface area contributed by atoms with Crippen LogP contribution in [-0.2, 0) is 9.53 Å². The molecule has 0 spiro atoms. The number of carbonyl (C=O) groups excluding carboxylic acids is 1. The van der Waals surface area contributed by atoms with E-state index in [1.54, 1.807) is 0 Å². The molecule has 0 heterocycles. The molecule has 0 aromatic heterocycles. The molecule has 0 bridgehead atoms. The predicted octanol–water partition coefficient (Wildman–Crippen LogP) is 4.53. The van der Waals surface area contributed by atoms with Gasteiger partial charge in [0, 0.05) is 12.5 Å². The van der Waals surface area contributed by atoms with Crippen LogP contribution in [0.5, 0.6) is 0 Å². The average Bonchev–Trinajstić information content (AvgIpc) is 3.04. The van der Waals surface area contributed by atoms with Crippen molar-refractivity contribution in [3.05, 3.63) is 0 Å².